The normalized spacial score (nSPS) is 11.4. The van der Waals surface area contributed by atoms with E-state index >= 15 is 0 Å². The molecule has 0 atom stereocenters. The van der Waals surface area contributed by atoms with Gasteiger partial charge in [0.25, 0.3) is 10.1 Å². The molecular formula is C19H19Br2NO8S. The Morgan fingerprint density at radius 3 is 2.16 bits per heavy atom. The lowest BCUT2D eigenvalue weighted by Gasteiger charge is -2.15. The molecule has 0 amide bonds. The van der Waals surface area contributed by atoms with Crippen molar-refractivity contribution < 1.29 is 36.5 Å². The number of aromatic nitrogens is 1. The maximum Gasteiger partial charge on any atom is 0.320 e. The van der Waals surface area contributed by atoms with E-state index in [1.54, 1.807) is 0 Å². The van der Waals surface area contributed by atoms with Crippen molar-refractivity contribution >= 4 is 59.7 Å². The second-order valence-corrected chi connectivity index (χ2v) is 9.44. The lowest BCUT2D eigenvalue weighted by Crippen LogP contribution is -2.28. The molecule has 0 radical (unpaired) electrons. The zero-order valence-electron chi connectivity index (χ0n) is 16.8. The lowest BCUT2D eigenvalue weighted by molar-refractivity contribution is -0.159. The van der Waals surface area contributed by atoms with Gasteiger partial charge in [0.1, 0.15) is 4.90 Å². The first-order chi connectivity index (χ1) is 14.6. The molecule has 0 bridgehead atoms. The van der Waals surface area contributed by atoms with Gasteiger partial charge in [-0.15, -0.1) is 0 Å². The number of rotatable bonds is 9. The van der Waals surface area contributed by atoms with Gasteiger partial charge in [-0.3, -0.25) is 18.6 Å². The van der Waals surface area contributed by atoms with Crippen LogP contribution in [0.3, 0.4) is 0 Å². The summed E-state index contributed by atoms with van der Waals surface area (Å²) in [5.74, 6) is -3.31. The number of esters is 2. The Morgan fingerprint density at radius 1 is 1.03 bits per heavy atom. The minimum atomic E-state index is -4.13. The minimum absolute atomic E-state index is 0.0165. The molecule has 1 heterocycles. The quantitative estimate of drug-likeness (QED) is 0.192. The Labute approximate surface area is 196 Å². The molecule has 1 aromatic carbocycles. The summed E-state index contributed by atoms with van der Waals surface area (Å²) in [7, 11) is -0.812. The summed E-state index contributed by atoms with van der Waals surface area (Å²) in [5.41, 5.74) is 0.0478. The van der Waals surface area contributed by atoms with Gasteiger partial charge < -0.3 is 14.0 Å². The number of hydrogen-bond acceptors (Lipinski definition) is 8. The molecule has 1 aromatic heterocycles. The van der Waals surface area contributed by atoms with Gasteiger partial charge >= 0.3 is 11.9 Å². The average Bonchev–Trinajstić information content (AvgIpc) is 3.06. The molecule has 12 heteroatoms. The van der Waals surface area contributed by atoms with Crippen molar-refractivity contribution in [2.45, 2.75) is 17.9 Å². The van der Waals surface area contributed by atoms with Crippen molar-refractivity contribution in [1.82, 2.24) is 4.57 Å². The molecule has 0 N–H and O–H groups in total. The Bertz CT molecular complexity index is 1090. The summed E-state index contributed by atoms with van der Waals surface area (Å²) in [6.45, 7) is 0.0569. The summed E-state index contributed by atoms with van der Waals surface area (Å²) in [6.07, 6.45) is -0.0165. The van der Waals surface area contributed by atoms with Gasteiger partial charge in [-0.1, -0.05) is 12.1 Å². The van der Waals surface area contributed by atoms with Crippen LogP contribution in [0.15, 0.2) is 44.3 Å². The highest BCUT2D eigenvalue weighted by molar-refractivity contribution is 9.13. The van der Waals surface area contributed by atoms with Crippen LogP contribution in [0.5, 0.6) is 0 Å². The van der Waals surface area contributed by atoms with E-state index in [-0.39, 0.29) is 29.1 Å². The molecule has 31 heavy (non-hydrogen) atoms. The van der Waals surface area contributed by atoms with Crippen LogP contribution in [0.2, 0.25) is 0 Å². The Kier molecular flexibility index (Phi) is 8.57. The van der Waals surface area contributed by atoms with E-state index in [1.807, 2.05) is 0 Å². The van der Waals surface area contributed by atoms with Crippen LogP contribution in [0.25, 0.3) is 0 Å². The molecule has 0 aliphatic rings. The first-order valence-electron chi connectivity index (χ1n) is 8.73. The van der Waals surface area contributed by atoms with E-state index in [0.29, 0.717) is 9.08 Å². The molecule has 0 saturated heterocycles. The minimum Gasteiger partial charge on any atom is -0.468 e. The number of nitrogens with zero attached hydrogens (tertiary/aromatic N) is 1. The first kappa shape index (κ1) is 25.2. The number of methoxy groups -OCH3 is 2. The molecular weight excluding hydrogens is 562 g/mol. The van der Waals surface area contributed by atoms with Gasteiger partial charge in [-0.2, -0.15) is 8.42 Å². The van der Waals surface area contributed by atoms with Crippen LogP contribution in [0.1, 0.15) is 22.5 Å². The molecule has 0 saturated carbocycles. The largest absolute Gasteiger partial charge is 0.468 e. The molecule has 2 rings (SSSR count). The summed E-state index contributed by atoms with van der Waals surface area (Å²) < 4.78 is 40.9. The van der Waals surface area contributed by atoms with Gasteiger partial charge in [0.2, 0.25) is 5.78 Å². The van der Waals surface area contributed by atoms with Gasteiger partial charge in [-0.05, 0) is 56.5 Å². The topological polar surface area (TPSA) is 118 Å². The lowest BCUT2D eigenvalue weighted by atomic mass is 10.1. The first-order valence-corrected chi connectivity index (χ1v) is 11.7. The molecule has 2 aromatic rings. The molecule has 0 unspecified atom stereocenters. The predicted molar refractivity (Wildman–Crippen MR) is 116 cm³/mol. The van der Waals surface area contributed by atoms with Gasteiger partial charge in [0.15, 0.2) is 5.92 Å². The van der Waals surface area contributed by atoms with Gasteiger partial charge in [0.05, 0.1) is 36.1 Å². The second-order valence-electron chi connectivity index (χ2n) is 6.15. The highest BCUT2D eigenvalue weighted by atomic mass is 79.9. The highest BCUT2D eigenvalue weighted by Crippen LogP contribution is 2.31. The van der Waals surface area contributed by atoms with Crippen molar-refractivity contribution in [3.8, 4) is 0 Å². The van der Waals surface area contributed by atoms with Crippen LogP contribution < -0.4 is 0 Å². The van der Waals surface area contributed by atoms with Gasteiger partial charge in [-0.25, -0.2) is 0 Å². The molecule has 0 spiro atoms. The van der Waals surface area contributed by atoms with E-state index in [4.69, 9.17) is 0 Å². The number of hydrogen-bond donors (Lipinski definition) is 0. The number of halogens is 2. The van der Waals surface area contributed by atoms with Crippen molar-refractivity contribution in [1.29, 1.82) is 0 Å². The third kappa shape index (κ3) is 5.43. The molecule has 0 aliphatic carbocycles. The van der Waals surface area contributed by atoms with Crippen LogP contribution in [0, 0.1) is 5.92 Å². The third-order valence-electron chi connectivity index (χ3n) is 4.45. The monoisotopic (exact) mass is 579 g/mol. The van der Waals surface area contributed by atoms with E-state index < -0.39 is 33.8 Å². The number of carbonyl (C=O) groups is 3. The molecule has 0 fully saturated rings. The highest BCUT2D eigenvalue weighted by Gasteiger charge is 2.30. The van der Waals surface area contributed by atoms with E-state index in [9.17, 15) is 22.8 Å². The zero-order chi connectivity index (χ0) is 23.3. The number of ketones is 1. The average molecular weight is 581 g/mol. The Hall–Kier alpha value is -2.02. The van der Waals surface area contributed by atoms with Crippen molar-refractivity contribution in [3.05, 3.63) is 50.7 Å². The number of ether oxygens (including phenoxy) is 2. The summed E-state index contributed by atoms with van der Waals surface area (Å²) in [5, 5.41) is 0. The number of carbonyl (C=O) groups excluding carboxylic acids is 3. The fourth-order valence-electron chi connectivity index (χ4n) is 2.87. The zero-order valence-corrected chi connectivity index (χ0v) is 20.7. The van der Waals surface area contributed by atoms with Crippen LogP contribution >= 0.6 is 31.9 Å². The SMILES string of the molecule is COC(=O)C(CCn1c(C(=O)c2ccccc2S(=O)(=O)OC)cc(Br)c1Br)C(=O)OC. The fraction of sp³-hybridized carbons (Fsp3) is 0.316. The van der Waals surface area contributed by atoms with Crippen molar-refractivity contribution in [2.75, 3.05) is 21.3 Å². The summed E-state index contributed by atoms with van der Waals surface area (Å²) in [4.78, 5) is 36.9. The van der Waals surface area contributed by atoms with Crippen LogP contribution in [-0.2, 0) is 39.9 Å². The fourth-order valence-corrected chi connectivity index (χ4v) is 4.64. The third-order valence-corrected chi connectivity index (χ3v) is 7.78. The molecule has 168 valence electrons. The maximum atomic E-state index is 13.3. The Morgan fingerprint density at radius 2 is 1.61 bits per heavy atom. The summed E-state index contributed by atoms with van der Waals surface area (Å²) >= 11 is 6.69. The van der Waals surface area contributed by atoms with E-state index in [0.717, 1.165) is 21.3 Å². The maximum absolute atomic E-state index is 13.3. The van der Waals surface area contributed by atoms with E-state index in [1.165, 1.54) is 34.9 Å². The smallest absolute Gasteiger partial charge is 0.320 e. The van der Waals surface area contributed by atoms with Crippen molar-refractivity contribution in [3.63, 3.8) is 0 Å². The van der Waals surface area contributed by atoms with Crippen LogP contribution in [-0.4, -0.2) is 52.0 Å². The van der Waals surface area contributed by atoms with Gasteiger partial charge in [0, 0.05) is 12.1 Å². The number of benzene rings is 1. The predicted octanol–water partition coefficient (Wildman–Crippen LogP) is 2.93. The Balaban J connectivity index is 2.48. The van der Waals surface area contributed by atoms with Crippen LogP contribution in [0.4, 0.5) is 0 Å². The standard InChI is InChI=1S/C19H19Br2NO8S/c1-28-18(24)12(19(25)29-2)8-9-22-14(10-13(20)17(22)21)16(23)11-6-4-5-7-15(11)31(26,27)30-3/h4-7,10,12H,8-9H2,1-3H3. The second kappa shape index (κ2) is 10.5. The molecule has 9 nitrogen and oxygen atoms in total. The summed E-state index contributed by atoms with van der Waals surface area (Å²) in [6, 6.07) is 7.16. The van der Waals surface area contributed by atoms with E-state index in [2.05, 4.69) is 45.5 Å². The molecule has 0 aliphatic heterocycles. The van der Waals surface area contributed by atoms with Crippen molar-refractivity contribution in [2.24, 2.45) is 5.92 Å².